The van der Waals surface area contributed by atoms with Gasteiger partial charge < -0.3 is 10.1 Å². The van der Waals surface area contributed by atoms with E-state index in [9.17, 15) is 13.2 Å². The molecule has 8 heteroatoms. The molecule has 112 valence electrons. The standard InChI is InChI=1S/C12H15Cl2NO4S/c1-8(2)19-6-5-15-12(16)10-7-9(20(14,17)18)3-4-11(10)13/h3-4,7-8H,5-6H2,1-2H3,(H,15,16). The molecule has 0 saturated heterocycles. The maximum Gasteiger partial charge on any atom is 0.261 e. The third-order valence-electron chi connectivity index (χ3n) is 2.30. The van der Waals surface area contributed by atoms with Crippen LogP contribution in [0.25, 0.3) is 0 Å². The van der Waals surface area contributed by atoms with Crippen molar-refractivity contribution in [2.24, 2.45) is 0 Å². The Labute approximate surface area is 127 Å². The van der Waals surface area contributed by atoms with Crippen molar-refractivity contribution >= 4 is 37.2 Å². The third kappa shape index (κ3) is 5.28. The highest BCUT2D eigenvalue weighted by Crippen LogP contribution is 2.22. The van der Waals surface area contributed by atoms with Gasteiger partial charge in [0, 0.05) is 17.2 Å². The zero-order chi connectivity index (χ0) is 15.3. The van der Waals surface area contributed by atoms with Crippen molar-refractivity contribution in [1.29, 1.82) is 0 Å². The Kier molecular flexibility index (Phi) is 6.26. The van der Waals surface area contributed by atoms with Gasteiger partial charge in [-0.05, 0) is 32.0 Å². The van der Waals surface area contributed by atoms with Gasteiger partial charge in [-0.2, -0.15) is 0 Å². The van der Waals surface area contributed by atoms with Crippen molar-refractivity contribution in [2.45, 2.75) is 24.8 Å². The van der Waals surface area contributed by atoms with Gasteiger partial charge >= 0.3 is 0 Å². The molecule has 0 aliphatic rings. The lowest BCUT2D eigenvalue weighted by Gasteiger charge is -2.10. The molecule has 0 bridgehead atoms. The zero-order valence-corrected chi connectivity index (χ0v) is 13.3. The molecule has 0 fully saturated rings. The van der Waals surface area contributed by atoms with Crippen LogP contribution in [0.1, 0.15) is 24.2 Å². The van der Waals surface area contributed by atoms with Crippen molar-refractivity contribution in [1.82, 2.24) is 5.32 Å². The normalized spacial score (nSPS) is 11.7. The second-order valence-electron chi connectivity index (χ2n) is 4.25. The van der Waals surface area contributed by atoms with Gasteiger partial charge in [-0.3, -0.25) is 4.79 Å². The van der Waals surface area contributed by atoms with Gasteiger partial charge in [-0.25, -0.2) is 8.42 Å². The molecule has 0 spiro atoms. The molecule has 1 aromatic carbocycles. The monoisotopic (exact) mass is 339 g/mol. The molecule has 5 nitrogen and oxygen atoms in total. The predicted octanol–water partition coefficient (Wildman–Crippen LogP) is 2.42. The topological polar surface area (TPSA) is 72.5 Å². The Balaban J connectivity index is 2.77. The molecule has 1 rings (SSSR count). The highest BCUT2D eigenvalue weighted by atomic mass is 35.7. The summed E-state index contributed by atoms with van der Waals surface area (Å²) in [5.41, 5.74) is 0.0536. The number of hydrogen-bond acceptors (Lipinski definition) is 4. The minimum absolute atomic E-state index is 0.0536. The van der Waals surface area contributed by atoms with Gasteiger partial charge in [0.15, 0.2) is 0 Å². The average molecular weight is 340 g/mol. The van der Waals surface area contributed by atoms with Crippen molar-refractivity contribution in [3.05, 3.63) is 28.8 Å². The van der Waals surface area contributed by atoms with Crippen LogP contribution in [0, 0.1) is 0 Å². The van der Waals surface area contributed by atoms with Crippen LogP contribution in [0.15, 0.2) is 23.1 Å². The van der Waals surface area contributed by atoms with Crippen LogP contribution in [-0.2, 0) is 13.8 Å². The molecule has 0 aliphatic heterocycles. The molecule has 1 amide bonds. The van der Waals surface area contributed by atoms with Crippen LogP contribution in [0.5, 0.6) is 0 Å². The summed E-state index contributed by atoms with van der Waals surface area (Å²) in [6.45, 7) is 4.42. The number of nitrogens with one attached hydrogen (secondary N) is 1. The third-order valence-corrected chi connectivity index (χ3v) is 3.98. The van der Waals surface area contributed by atoms with Crippen molar-refractivity contribution in [2.75, 3.05) is 13.2 Å². The summed E-state index contributed by atoms with van der Waals surface area (Å²) in [7, 11) is 1.32. The van der Waals surface area contributed by atoms with E-state index < -0.39 is 15.0 Å². The fourth-order valence-electron chi connectivity index (χ4n) is 1.38. The molecule has 1 aromatic rings. The van der Waals surface area contributed by atoms with Crippen LogP contribution in [0.4, 0.5) is 0 Å². The number of rotatable bonds is 6. The van der Waals surface area contributed by atoms with E-state index in [-0.39, 0.29) is 21.6 Å². The number of carbonyl (C=O) groups is 1. The Bertz CT molecular complexity index is 587. The molecule has 0 aromatic heterocycles. The largest absolute Gasteiger partial charge is 0.377 e. The van der Waals surface area contributed by atoms with Crippen molar-refractivity contribution < 1.29 is 17.9 Å². The fraction of sp³-hybridized carbons (Fsp3) is 0.417. The molecule has 20 heavy (non-hydrogen) atoms. The highest BCUT2D eigenvalue weighted by Gasteiger charge is 2.16. The summed E-state index contributed by atoms with van der Waals surface area (Å²) >= 11 is 5.87. The number of ether oxygens (including phenoxy) is 1. The fourth-order valence-corrected chi connectivity index (χ4v) is 2.36. The minimum Gasteiger partial charge on any atom is -0.377 e. The van der Waals surface area contributed by atoms with Crippen molar-refractivity contribution in [3.8, 4) is 0 Å². The number of hydrogen-bond donors (Lipinski definition) is 1. The highest BCUT2D eigenvalue weighted by molar-refractivity contribution is 8.13. The number of carbonyl (C=O) groups excluding carboxylic acids is 1. The van der Waals surface area contributed by atoms with E-state index in [1.54, 1.807) is 0 Å². The molecule has 0 saturated carbocycles. The molecular formula is C12H15Cl2NO4S. The summed E-state index contributed by atoms with van der Waals surface area (Å²) in [4.78, 5) is 11.7. The van der Waals surface area contributed by atoms with Crippen LogP contribution in [0.3, 0.4) is 0 Å². The van der Waals surface area contributed by atoms with Crippen LogP contribution < -0.4 is 5.32 Å². The van der Waals surface area contributed by atoms with Gasteiger partial charge in [-0.15, -0.1) is 0 Å². The predicted molar refractivity (Wildman–Crippen MR) is 77.9 cm³/mol. The Hall–Kier alpha value is -0.820. The first kappa shape index (κ1) is 17.2. The van der Waals surface area contributed by atoms with E-state index in [1.165, 1.54) is 12.1 Å². The van der Waals surface area contributed by atoms with Gasteiger partial charge in [-0.1, -0.05) is 11.6 Å². The molecule has 0 aliphatic carbocycles. The average Bonchev–Trinajstić information content (AvgIpc) is 2.33. The Morgan fingerprint density at radius 3 is 2.60 bits per heavy atom. The summed E-state index contributed by atoms with van der Waals surface area (Å²) in [5, 5.41) is 2.74. The van der Waals surface area contributed by atoms with Gasteiger partial charge in [0.25, 0.3) is 15.0 Å². The molecule has 0 heterocycles. The smallest absolute Gasteiger partial charge is 0.261 e. The first-order valence-corrected chi connectivity index (χ1v) is 8.54. The number of benzene rings is 1. The quantitative estimate of drug-likeness (QED) is 0.638. The number of halogens is 2. The van der Waals surface area contributed by atoms with E-state index >= 15 is 0 Å². The summed E-state index contributed by atoms with van der Waals surface area (Å²) in [5.74, 6) is -0.482. The summed E-state index contributed by atoms with van der Waals surface area (Å²) in [6, 6.07) is 3.70. The van der Waals surface area contributed by atoms with E-state index in [0.717, 1.165) is 6.07 Å². The maximum atomic E-state index is 11.9. The van der Waals surface area contributed by atoms with E-state index in [1.807, 2.05) is 13.8 Å². The van der Waals surface area contributed by atoms with Gasteiger partial charge in [0.2, 0.25) is 0 Å². The zero-order valence-electron chi connectivity index (χ0n) is 11.0. The molecule has 1 N–H and O–H groups in total. The molecule has 0 unspecified atom stereocenters. The van der Waals surface area contributed by atoms with Crippen LogP contribution in [0.2, 0.25) is 5.02 Å². The minimum atomic E-state index is -3.90. The Morgan fingerprint density at radius 2 is 2.05 bits per heavy atom. The Morgan fingerprint density at radius 1 is 1.40 bits per heavy atom. The van der Waals surface area contributed by atoms with E-state index in [4.69, 9.17) is 27.0 Å². The first-order chi connectivity index (χ1) is 9.21. The van der Waals surface area contributed by atoms with E-state index in [0.29, 0.717) is 13.2 Å². The second kappa shape index (κ2) is 7.26. The first-order valence-electron chi connectivity index (χ1n) is 5.86. The second-order valence-corrected chi connectivity index (χ2v) is 7.23. The van der Waals surface area contributed by atoms with Gasteiger partial charge in [0.1, 0.15) is 0 Å². The SMILES string of the molecule is CC(C)OCCNC(=O)c1cc(S(=O)(=O)Cl)ccc1Cl. The van der Waals surface area contributed by atoms with Crippen LogP contribution >= 0.6 is 22.3 Å². The lowest BCUT2D eigenvalue weighted by Crippen LogP contribution is -2.28. The van der Waals surface area contributed by atoms with E-state index in [2.05, 4.69) is 5.32 Å². The molecular weight excluding hydrogens is 325 g/mol. The molecule has 0 atom stereocenters. The summed E-state index contributed by atoms with van der Waals surface area (Å²) in [6.07, 6.45) is 0.0696. The summed E-state index contributed by atoms with van der Waals surface area (Å²) < 4.78 is 27.7. The lowest BCUT2D eigenvalue weighted by atomic mass is 10.2. The number of amides is 1. The lowest BCUT2D eigenvalue weighted by molar-refractivity contribution is 0.0746. The maximum absolute atomic E-state index is 11.9. The van der Waals surface area contributed by atoms with Crippen LogP contribution in [-0.4, -0.2) is 33.6 Å². The van der Waals surface area contributed by atoms with Gasteiger partial charge in [0.05, 0.1) is 28.2 Å². The molecule has 0 radical (unpaired) electrons. The van der Waals surface area contributed by atoms with Crippen molar-refractivity contribution in [3.63, 3.8) is 0 Å².